The predicted molar refractivity (Wildman–Crippen MR) is 85.0 cm³/mol. The lowest BCUT2D eigenvalue weighted by atomic mass is 10.1. The van der Waals surface area contributed by atoms with E-state index in [2.05, 4.69) is 9.47 Å². The summed E-state index contributed by atoms with van der Waals surface area (Å²) in [6.45, 7) is 0. The van der Waals surface area contributed by atoms with Crippen molar-refractivity contribution >= 4 is 30.0 Å². The van der Waals surface area contributed by atoms with E-state index in [4.69, 9.17) is 0 Å². The Morgan fingerprint density at radius 1 is 1.18 bits per heavy atom. The van der Waals surface area contributed by atoms with E-state index in [0.717, 1.165) is 17.6 Å². The molecule has 1 aromatic rings. The number of thioether (sulfide) groups is 1. The fourth-order valence-corrected chi connectivity index (χ4v) is 2.83. The van der Waals surface area contributed by atoms with Gasteiger partial charge in [0, 0.05) is 6.42 Å². The molecule has 0 radical (unpaired) electrons. The van der Waals surface area contributed by atoms with Gasteiger partial charge in [0.1, 0.15) is 6.29 Å². The van der Waals surface area contributed by atoms with Gasteiger partial charge in [0.2, 0.25) is 0 Å². The van der Waals surface area contributed by atoms with E-state index in [9.17, 15) is 14.4 Å². The minimum absolute atomic E-state index is 0.165. The van der Waals surface area contributed by atoms with Gasteiger partial charge in [-0.25, -0.2) is 4.79 Å². The van der Waals surface area contributed by atoms with Crippen LogP contribution in [0, 0.1) is 0 Å². The fraction of sp³-hybridized carbons (Fsp3) is 0.438. The quantitative estimate of drug-likeness (QED) is 0.394. The van der Waals surface area contributed by atoms with Crippen LogP contribution in [-0.4, -0.2) is 43.4 Å². The van der Waals surface area contributed by atoms with Crippen LogP contribution in [0.2, 0.25) is 0 Å². The molecule has 1 unspecified atom stereocenters. The Hall–Kier alpha value is -1.82. The molecule has 1 atom stereocenters. The van der Waals surface area contributed by atoms with Crippen molar-refractivity contribution in [2.24, 2.45) is 0 Å². The van der Waals surface area contributed by atoms with E-state index >= 15 is 0 Å². The third kappa shape index (κ3) is 6.30. The number of aldehydes is 1. The SMILES string of the molecule is COC(=O)CCCSC(C=O)Cc1ccc(C(=O)OC)cc1. The molecule has 5 nitrogen and oxygen atoms in total. The summed E-state index contributed by atoms with van der Waals surface area (Å²) in [6, 6.07) is 7.01. The Bertz CT molecular complexity index is 498. The molecule has 0 aliphatic heterocycles. The van der Waals surface area contributed by atoms with Crippen molar-refractivity contribution in [1.82, 2.24) is 0 Å². The van der Waals surface area contributed by atoms with Crippen molar-refractivity contribution in [3.05, 3.63) is 35.4 Å². The largest absolute Gasteiger partial charge is 0.469 e. The van der Waals surface area contributed by atoms with Crippen molar-refractivity contribution in [3.63, 3.8) is 0 Å². The highest BCUT2D eigenvalue weighted by atomic mass is 32.2. The Labute approximate surface area is 134 Å². The molecule has 0 amide bonds. The summed E-state index contributed by atoms with van der Waals surface area (Å²) in [5.41, 5.74) is 1.46. The molecule has 0 saturated carbocycles. The molecule has 0 bridgehead atoms. The van der Waals surface area contributed by atoms with Gasteiger partial charge in [0.05, 0.1) is 25.0 Å². The Morgan fingerprint density at radius 3 is 2.41 bits per heavy atom. The summed E-state index contributed by atoms with van der Waals surface area (Å²) >= 11 is 1.52. The number of benzene rings is 1. The summed E-state index contributed by atoms with van der Waals surface area (Å²) in [6.07, 6.45) is 2.55. The van der Waals surface area contributed by atoms with Crippen LogP contribution in [0.4, 0.5) is 0 Å². The zero-order chi connectivity index (χ0) is 16.4. The summed E-state index contributed by atoms with van der Waals surface area (Å²) in [4.78, 5) is 33.5. The first-order valence-corrected chi connectivity index (χ1v) is 7.96. The summed E-state index contributed by atoms with van der Waals surface area (Å²) in [5.74, 6) is 0.107. The molecule has 0 aliphatic carbocycles. The normalized spacial score (nSPS) is 11.5. The number of ether oxygens (including phenoxy) is 2. The van der Waals surface area contributed by atoms with Crippen LogP contribution < -0.4 is 0 Å². The molecule has 120 valence electrons. The van der Waals surface area contributed by atoms with Gasteiger partial charge in [-0.3, -0.25) is 4.79 Å². The Kier molecular flexibility index (Phi) is 8.28. The van der Waals surface area contributed by atoms with Crippen molar-refractivity contribution in [1.29, 1.82) is 0 Å². The van der Waals surface area contributed by atoms with Gasteiger partial charge in [-0.1, -0.05) is 12.1 Å². The molecule has 22 heavy (non-hydrogen) atoms. The second-order valence-electron chi connectivity index (χ2n) is 4.62. The standard InChI is InChI=1S/C16H20O5S/c1-20-15(18)4-3-9-22-14(11-17)10-12-5-7-13(8-6-12)16(19)21-2/h5-8,11,14H,3-4,9-10H2,1-2H3. The lowest BCUT2D eigenvalue weighted by Crippen LogP contribution is -2.10. The fourth-order valence-electron chi connectivity index (χ4n) is 1.83. The first-order valence-electron chi connectivity index (χ1n) is 6.91. The molecule has 6 heteroatoms. The molecule has 0 N–H and O–H groups in total. The van der Waals surface area contributed by atoms with Gasteiger partial charge >= 0.3 is 11.9 Å². The first-order chi connectivity index (χ1) is 10.6. The smallest absolute Gasteiger partial charge is 0.337 e. The maximum atomic E-state index is 11.3. The van der Waals surface area contributed by atoms with Crippen molar-refractivity contribution < 1.29 is 23.9 Å². The van der Waals surface area contributed by atoms with Gasteiger partial charge in [0.25, 0.3) is 0 Å². The molecule has 1 aromatic carbocycles. The van der Waals surface area contributed by atoms with E-state index < -0.39 is 0 Å². The molecule has 0 saturated heterocycles. The zero-order valence-electron chi connectivity index (χ0n) is 12.7. The number of methoxy groups -OCH3 is 2. The Morgan fingerprint density at radius 2 is 1.86 bits per heavy atom. The van der Waals surface area contributed by atoms with Gasteiger partial charge in [-0.05, 0) is 36.3 Å². The second kappa shape index (κ2) is 10.00. The number of hydrogen-bond donors (Lipinski definition) is 0. The van der Waals surface area contributed by atoms with Crippen LogP contribution in [0.25, 0.3) is 0 Å². The van der Waals surface area contributed by atoms with E-state index in [-0.39, 0.29) is 17.2 Å². The first kappa shape index (κ1) is 18.2. The highest BCUT2D eigenvalue weighted by Gasteiger charge is 2.11. The van der Waals surface area contributed by atoms with E-state index in [0.29, 0.717) is 24.8 Å². The molecular formula is C16H20O5S. The van der Waals surface area contributed by atoms with Gasteiger partial charge in [0.15, 0.2) is 0 Å². The number of esters is 2. The van der Waals surface area contributed by atoms with Crippen molar-refractivity contribution in [2.45, 2.75) is 24.5 Å². The molecule has 0 aromatic heterocycles. The van der Waals surface area contributed by atoms with Crippen LogP contribution in [0.1, 0.15) is 28.8 Å². The van der Waals surface area contributed by atoms with E-state index in [1.165, 1.54) is 26.0 Å². The number of carbonyl (C=O) groups excluding carboxylic acids is 3. The minimum atomic E-state index is -0.379. The lowest BCUT2D eigenvalue weighted by Gasteiger charge is -2.10. The van der Waals surface area contributed by atoms with E-state index in [1.54, 1.807) is 12.1 Å². The number of carbonyl (C=O) groups is 3. The van der Waals surface area contributed by atoms with Crippen LogP contribution in [-0.2, 0) is 25.5 Å². The van der Waals surface area contributed by atoms with Crippen LogP contribution in [0.15, 0.2) is 24.3 Å². The van der Waals surface area contributed by atoms with Crippen LogP contribution in [0.5, 0.6) is 0 Å². The van der Waals surface area contributed by atoms with E-state index in [1.807, 2.05) is 12.1 Å². The molecular weight excluding hydrogens is 304 g/mol. The van der Waals surface area contributed by atoms with Gasteiger partial charge < -0.3 is 14.3 Å². The van der Waals surface area contributed by atoms with Crippen LogP contribution >= 0.6 is 11.8 Å². The second-order valence-corrected chi connectivity index (χ2v) is 5.96. The topological polar surface area (TPSA) is 69.7 Å². The molecule has 0 heterocycles. The van der Waals surface area contributed by atoms with Gasteiger partial charge in [-0.15, -0.1) is 0 Å². The summed E-state index contributed by atoms with van der Waals surface area (Å²) in [5, 5.41) is -0.165. The molecule has 0 aliphatic rings. The average molecular weight is 324 g/mol. The zero-order valence-corrected chi connectivity index (χ0v) is 13.6. The van der Waals surface area contributed by atoms with Gasteiger partial charge in [-0.2, -0.15) is 11.8 Å². The highest BCUT2D eigenvalue weighted by molar-refractivity contribution is 8.00. The van der Waals surface area contributed by atoms with Crippen molar-refractivity contribution in [3.8, 4) is 0 Å². The van der Waals surface area contributed by atoms with Crippen molar-refractivity contribution in [2.75, 3.05) is 20.0 Å². The average Bonchev–Trinajstić information content (AvgIpc) is 2.57. The number of hydrogen-bond acceptors (Lipinski definition) is 6. The molecule has 1 rings (SSSR count). The maximum Gasteiger partial charge on any atom is 0.337 e. The molecule has 0 spiro atoms. The predicted octanol–water partition coefficient (Wildman–Crippen LogP) is 2.27. The summed E-state index contributed by atoms with van der Waals surface area (Å²) in [7, 11) is 2.70. The molecule has 0 fully saturated rings. The number of rotatable bonds is 9. The Balaban J connectivity index is 2.43. The third-order valence-electron chi connectivity index (χ3n) is 3.05. The lowest BCUT2D eigenvalue weighted by molar-refractivity contribution is -0.140. The minimum Gasteiger partial charge on any atom is -0.469 e. The third-order valence-corrected chi connectivity index (χ3v) is 4.28. The highest BCUT2D eigenvalue weighted by Crippen LogP contribution is 2.17. The van der Waals surface area contributed by atoms with Crippen LogP contribution in [0.3, 0.4) is 0 Å². The monoisotopic (exact) mass is 324 g/mol. The maximum absolute atomic E-state index is 11.3. The summed E-state index contributed by atoms with van der Waals surface area (Å²) < 4.78 is 9.20.